The van der Waals surface area contributed by atoms with E-state index in [1.165, 1.54) is 4.88 Å². The van der Waals surface area contributed by atoms with Crippen molar-refractivity contribution in [3.63, 3.8) is 0 Å². The molecule has 1 aromatic heterocycles. The number of hydrogen-bond donors (Lipinski definition) is 2. The van der Waals surface area contributed by atoms with Crippen molar-refractivity contribution in [1.29, 1.82) is 0 Å². The average Bonchev–Trinajstić information content (AvgIpc) is 2.94. The number of carbonyl (C=O) groups is 1. The maximum absolute atomic E-state index is 12.2. The minimum atomic E-state index is -0.443. The van der Waals surface area contributed by atoms with E-state index in [0.29, 0.717) is 17.3 Å². The van der Waals surface area contributed by atoms with E-state index in [2.05, 4.69) is 23.7 Å². The number of amides is 1. The van der Waals surface area contributed by atoms with E-state index in [0.717, 1.165) is 38.5 Å². The number of nitrogens with two attached hydrogens (primary N) is 1. The summed E-state index contributed by atoms with van der Waals surface area (Å²) in [5.41, 5.74) is 5.48. The summed E-state index contributed by atoms with van der Waals surface area (Å²) in [4.78, 5) is 14.0. The highest BCUT2D eigenvalue weighted by Crippen LogP contribution is 2.32. The first-order valence-corrected chi connectivity index (χ1v) is 8.94. The minimum absolute atomic E-state index is 0.0777. The van der Waals surface area contributed by atoms with Gasteiger partial charge in [0.2, 0.25) is 5.91 Å². The molecular formula is C16H24N2OS2. The van der Waals surface area contributed by atoms with Crippen molar-refractivity contribution in [3.8, 4) is 0 Å². The second-order valence-corrected chi connectivity index (χ2v) is 7.58. The van der Waals surface area contributed by atoms with Crippen molar-refractivity contribution in [2.24, 2.45) is 11.7 Å². The van der Waals surface area contributed by atoms with Gasteiger partial charge in [0.15, 0.2) is 0 Å². The van der Waals surface area contributed by atoms with Gasteiger partial charge in [0.05, 0.1) is 10.5 Å². The largest absolute Gasteiger partial charge is 0.391 e. The first-order valence-electron chi connectivity index (χ1n) is 7.65. The topological polar surface area (TPSA) is 55.1 Å². The highest BCUT2D eigenvalue weighted by Gasteiger charge is 2.38. The summed E-state index contributed by atoms with van der Waals surface area (Å²) in [6.45, 7) is 2.24. The molecule has 0 bridgehead atoms. The summed E-state index contributed by atoms with van der Waals surface area (Å²) < 4.78 is 0. The maximum Gasteiger partial charge on any atom is 0.220 e. The normalized spacial score (nSPS) is 25.5. The molecule has 1 heterocycles. The van der Waals surface area contributed by atoms with Gasteiger partial charge in [0.1, 0.15) is 0 Å². The molecule has 0 spiro atoms. The smallest absolute Gasteiger partial charge is 0.220 e. The van der Waals surface area contributed by atoms with Crippen LogP contribution in [0, 0.1) is 5.92 Å². The SMILES string of the molecule is CC1CCC(NC(=O)CCCc2cccs2)(C(N)=S)CC1. The third-order valence-corrected chi connectivity index (χ3v) is 5.71. The Bertz CT molecular complexity index is 476. The van der Waals surface area contributed by atoms with Crippen LogP contribution in [0.2, 0.25) is 0 Å². The molecule has 1 aliphatic rings. The Hall–Kier alpha value is -0.940. The van der Waals surface area contributed by atoms with Crippen molar-refractivity contribution >= 4 is 34.5 Å². The zero-order valence-electron chi connectivity index (χ0n) is 12.6. The number of hydrogen-bond acceptors (Lipinski definition) is 3. The first-order chi connectivity index (χ1) is 10.0. The van der Waals surface area contributed by atoms with Gasteiger partial charge in [-0.25, -0.2) is 0 Å². The number of rotatable bonds is 6. The summed E-state index contributed by atoms with van der Waals surface area (Å²) in [6, 6.07) is 4.16. The predicted octanol–water partition coefficient (Wildman–Crippen LogP) is 3.42. The van der Waals surface area contributed by atoms with Crippen molar-refractivity contribution < 1.29 is 4.79 Å². The summed E-state index contributed by atoms with van der Waals surface area (Å²) in [5, 5.41) is 5.20. The van der Waals surface area contributed by atoms with E-state index >= 15 is 0 Å². The van der Waals surface area contributed by atoms with Gasteiger partial charge in [0.25, 0.3) is 0 Å². The molecule has 0 aromatic carbocycles. The van der Waals surface area contributed by atoms with Crippen LogP contribution in [0.4, 0.5) is 0 Å². The summed E-state index contributed by atoms with van der Waals surface area (Å²) in [6.07, 6.45) is 6.27. The van der Waals surface area contributed by atoms with Gasteiger partial charge in [-0.2, -0.15) is 0 Å². The third kappa shape index (κ3) is 4.51. The van der Waals surface area contributed by atoms with Crippen LogP contribution in [0.1, 0.15) is 50.3 Å². The van der Waals surface area contributed by atoms with Crippen LogP contribution in [-0.4, -0.2) is 16.4 Å². The third-order valence-electron chi connectivity index (χ3n) is 4.39. The number of carbonyl (C=O) groups excluding carboxylic acids is 1. The molecule has 0 atom stereocenters. The Kier molecular flexibility index (Phi) is 5.76. The van der Waals surface area contributed by atoms with Gasteiger partial charge in [-0.15, -0.1) is 11.3 Å². The predicted molar refractivity (Wildman–Crippen MR) is 92.5 cm³/mol. The Balaban J connectivity index is 1.82. The number of thiocarbonyl (C=S) groups is 1. The summed E-state index contributed by atoms with van der Waals surface area (Å²) in [7, 11) is 0. The lowest BCUT2D eigenvalue weighted by Crippen LogP contribution is -2.58. The van der Waals surface area contributed by atoms with E-state index in [-0.39, 0.29) is 5.91 Å². The fourth-order valence-corrected chi connectivity index (χ4v) is 3.90. The molecule has 2 rings (SSSR count). The number of thiophene rings is 1. The van der Waals surface area contributed by atoms with E-state index in [9.17, 15) is 4.79 Å². The van der Waals surface area contributed by atoms with Crippen LogP contribution in [0.3, 0.4) is 0 Å². The van der Waals surface area contributed by atoms with Crippen LogP contribution >= 0.6 is 23.6 Å². The molecule has 0 saturated heterocycles. The monoisotopic (exact) mass is 324 g/mol. The quantitative estimate of drug-likeness (QED) is 0.788. The van der Waals surface area contributed by atoms with Crippen molar-refractivity contribution in [2.45, 2.75) is 57.4 Å². The Morgan fingerprint density at radius 1 is 1.52 bits per heavy atom. The Morgan fingerprint density at radius 2 is 2.24 bits per heavy atom. The fraction of sp³-hybridized carbons (Fsp3) is 0.625. The lowest BCUT2D eigenvalue weighted by atomic mass is 9.77. The second-order valence-electron chi connectivity index (χ2n) is 6.11. The van der Waals surface area contributed by atoms with Gasteiger partial charge in [-0.1, -0.05) is 25.2 Å². The molecule has 3 nitrogen and oxygen atoms in total. The van der Waals surface area contributed by atoms with Gasteiger partial charge in [-0.05, 0) is 55.9 Å². The molecule has 1 amide bonds. The number of nitrogens with one attached hydrogen (secondary N) is 1. The summed E-state index contributed by atoms with van der Waals surface area (Å²) >= 11 is 6.97. The van der Waals surface area contributed by atoms with Crippen LogP contribution in [-0.2, 0) is 11.2 Å². The fourth-order valence-electron chi connectivity index (χ4n) is 2.90. The maximum atomic E-state index is 12.2. The molecule has 0 radical (unpaired) electrons. The van der Waals surface area contributed by atoms with Crippen LogP contribution in [0.5, 0.6) is 0 Å². The van der Waals surface area contributed by atoms with Gasteiger partial charge in [0, 0.05) is 11.3 Å². The molecule has 0 aliphatic heterocycles. The first kappa shape index (κ1) is 16.4. The van der Waals surface area contributed by atoms with E-state index in [4.69, 9.17) is 18.0 Å². The van der Waals surface area contributed by atoms with Crippen LogP contribution in [0.15, 0.2) is 17.5 Å². The number of aryl methyl sites for hydroxylation is 1. The van der Waals surface area contributed by atoms with Crippen molar-refractivity contribution in [3.05, 3.63) is 22.4 Å². The van der Waals surface area contributed by atoms with Crippen molar-refractivity contribution in [1.82, 2.24) is 5.32 Å². The lowest BCUT2D eigenvalue weighted by Gasteiger charge is -2.39. The molecule has 1 saturated carbocycles. The van der Waals surface area contributed by atoms with Gasteiger partial charge >= 0.3 is 0 Å². The lowest BCUT2D eigenvalue weighted by molar-refractivity contribution is -0.122. The molecule has 3 N–H and O–H groups in total. The Morgan fingerprint density at radius 3 is 2.81 bits per heavy atom. The second kappa shape index (κ2) is 7.36. The molecule has 0 unspecified atom stereocenters. The Labute approximate surface area is 136 Å². The van der Waals surface area contributed by atoms with Gasteiger partial charge < -0.3 is 11.1 Å². The molecule has 5 heteroatoms. The molecular weight excluding hydrogens is 300 g/mol. The van der Waals surface area contributed by atoms with Crippen molar-refractivity contribution in [2.75, 3.05) is 0 Å². The van der Waals surface area contributed by atoms with Crippen LogP contribution in [0.25, 0.3) is 0 Å². The van der Waals surface area contributed by atoms with E-state index in [1.807, 2.05) is 6.07 Å². The summed E-state index contributed by atoms with van der Waals surface area (Å²) in [5.74, 6) is 0.775. The zero-order chi connectivity index (χ0) is 15.3. The van der Waals surface area contributed by atoms with E-state index < -0.39 is 5.54 Å². The zero-order valence-corrected chi connectivity index (χ0v) is 14.2. The molecule has 1 aromatic rings. The van der Waals surface area contributed by atoms with Gasteiger partial charge in [-0.3, -0.25) is 4.79 Å². The highest BCUT2D eigenvalue weighted by atomic mass is 32.1. The molecule has 21 heavy (non-hydrogen) atoms. The highest BCUT2D eigenvalue weighted by molar-refractivity contribution is 7.80. The minimum Gasteiger partial charge on any atom is -0.391 e. The molecule has 1 fully saturated rings. The standard InChI is InChI=1S/C16H24N2OS2/c1-12-7-9-16(10-8-12,15(17)20)18-14(19)6-2-4-13-5-3-11-21-13/h3,5,11-12H,2,4,6-10H2,1H3,(H2,17,20)(H,18,19). The van der Waals surface area contributed by atoms with Crippen LogP contribution < -0.4 is 11.1 Å². The molecule has 116 valence electrons. The molecule has 1 aliphatic carbocycles. The average molecular weight is 325 g/mol. The van der Waals surface area contributed by atoms with E-state index in [1.54, 1.807) is 11.3 Å².